The lowest BCUT2D eigenvalue weighted by atomic mass is 9.83. The molecule has 2 aliphatic rings. The van der Waals surface area contributed by atoms with Crippen molar-refractivity contribution in [2.24, 2.45) is 0 Å². The normalized spacial score (nSPS) is 20.3. The molecule has 0 bridgehead atoms. The highest BCUT2D eigenvalue weighted by Gasteiger charge is 2.41. The topological polar surface area (TPSA) is 59.0 Å². The number of aromatic nitrogens is 2. The second kappa shape index (κ2) is 5.20. The molecule has 0 aromatic carbocycles. The van der Waals surface area contributed by atoms with Gasteiger partial charge >= 0.3 is 0 Å². The summed E-state index contributed by atoms with van der Waals surface area (Å²) in [6.07, 6.45) is 8.47. The van der Waals surface area contributed by atoms with Crippen molar-refractivity contribution in [1.82, 2.24) is 14.9 Å². The predicted molar refractivity (Wildman–Crippen MR) is 90.5 cm³/mol. The van der Waals surface area contributed by atoms with Crippen molar-refractivity contribution in [2.75, 3.05) is 18.4 Å². The van der Waals surface area contributed by atoms with Crippen LogP contribution < -0.4 is 10.6 Å². The molecular formula is C18H22N4O. The molecule has 4 heterocycles. The van der Waals surface area contributed by atoms with E-state index >= 15 is 0 Å². The van der Waals surface area contributed by atoms with Crippen LogP contribution >= 0.6 is 0 Å². The molecular weight excluding hydrogens is 288 g/mol. The number of nitrogens with one attached hydrogen (secondary N) is 2. The average molecular weight is 310 g/mol. The molecule has 120 valence electrons. The molecule has 1 saturated heterocycles. The molecule has 0 spiro atoms. The summed E-state index contributed by atoms with van der Waals surface area (Å²) in [7, 11) is 0. The number of piperidine rings is 1. The van der Waals surface area contributed by atoms with Crippen molar-refractivity contribution in [3.8, 4) is 11.1 Å². The number of carbonyl (C=O) groups excluding carboxylic acids is 1. The molecule has 2 aliphatic heterocycles. The van der Waals surface area contributed by atoms with E-state index in [1.807, 2.05) is 19.9 Å². The van der Waals surface area contributed by atoms with Crippen molar-refractivity contribution in [3.05, 3.63) is 36.3 Å². The average Bonchev–Trinajstić information content (AvgIpc) is 3.13. The first-order chi connectivity index (χ1) is 11.1. The van der Waals surface area contributed by atoms with E-state index in [0.717, 1.165) is 42.6 Å². The second-order valence-corrected chi connectivity index (χ2v) is 6.99. The van der Waals surface area contributed by atoms with Gasteiger partial charge in [0.2, 0.25) is 5.91 Å². The summed E-state index contributed by atoms with van der Waals surface area (Å²) < 4.78 is 2.32. The third-order valence-corrected chi connectivity index (χ3v) is 5.13. The molecule has 2 N–H and O–H groups in total. The lowest BCUT2D eigenvalue weighted by Crippen LogP contribution is -2.28. The summed E-state index contributed by atoms with van der Waals surface area (Å²) in [4.78, 5) is 16.6. The van der Waals surface area contributed by atoms with Gasteiger partial charge in [-0.05, 0) is 63.0 Å². The van der Waals surface area contributed by atoms with Crippen molar-refractivity contribution < 1.29 is 4.79 Å². The third-order valence-electron chi connectivity index (χ3n) is 5.13. The van der Waals surface area contributed by atoms with Crippen molar-refractivity contribution in [3.63, 3.8) is 0 Å². The van der Waals surface area contributed by atoms with E-state index in [4.69, 9.17) is 0 Å². The van der Waals surface area contributed by atoms with Gasteiger partial charge in [-0.2, -0.15) is 0 Å². The number of fused-ring (bicyclic) bond motifs is 1. The Balaban J connectivity index is 1.74. The van der Waals surface area contributed by atoms with Gasteiger partial charge in [0, 0.05) is 30.2 Å². The molecule has 5 nitrogen and oxygen atoms in total. The quantitative estimate of drug-likeness (QED) is 0.896. The van der Waals surface area contributed by atoms with Crippen LogP contribution in [0.2, 0.25) is 0 Å². The van der Waals surface area contributed by atoms with Crippen LogP contribution in [0.4, 0.5) is 5.82 Å². The SMILES string of the molecule is CC1(C)C(=O)Nc2nccc(-c3ccn(C4CCNCC4)c3)c21. The molecule has 0 atom stereocenters. The van der Waals surface area contributed by atoms with Crippen LogP contribution in [-0.2, 0) is 10.2 Å². The highest BCUT2D eigenvalue weighted by atomic mass is 16.2. The Kier molecular flexibility index (Phi) is 3.27. The van der Waals surface area contributed by atoms with Gasteiger partial charge in [0.25, 0.3) is 0 Å². The number of hydrogen-bond acceptors (Lipinski definition) is 3. The Bertz CT molecular complexity index is 756. The maximum atomic E-state index is 12.2. The van der Waals surface area contributed by atoms with Crippen molar-refractivity contribution >= 4 is 11.7 Å². The molecule has 23 heavy (non-hydrogen) atoms. The third kappa shape index (κ3) is 2.27. The number of anilines is 1. The zero-order valence-corrected chi connectivity index (χ0v) is 13.6. The van der Waals surface area contributed by atoms with Crippen LogP contribution in [0.3, 0.4) is 0 Å². The zero-order valence-electron chi connectivity index (χ0n) is 13.6. The molecule has 0 radical (unpaired) electrons. The first-order valence-electron chi connectivity index (χ1n) is 8.27. The van der Waals surface area contributed by atoms with Crippen LogP contribution in [0.1, 0.15) is 38.3 Å². The monoisotopic (exact) mass is 310 g/mol. The predicted octanol–water partition coefficient (Wildman–Crippen LogP) is 2.70. The minimum absolute atomic E-state index is 0.0187. The lowest BCUT2D eigenvalue weighted by molar-refractivity contribution is -0.119. The van der Waals surface area contributed by atoms with E-state index in [2.05, 4.69) is 38.6 Å². The summed E-state index contributed by atoms with van der Waals surface area (Å²) in [6.45, 7) is 6.08. The number of carbonyl (C=O) groups is 1. The Morgan fingerprint density at radius 2 is 2.04 bits per heavy atom. The van der Waals surface area contributed by atoms with Crippen molar-refractivity contribution in [1.29, 1.82) is 0 Å². The highest BCUT2D eigenvalue weighted by molar-refractivity contribution is 6.06. The van der Waals surface area contributed by atoms with E-state index in [9.17, 15) is 4.79 Å². The molecule has 1 fully saturated rings. The van der Waals surface area contributed by atoms with E-state index in [1.54, 1.807) is 6.20 Å². The van der Waals surface area contributed by atoms with Gasteiger partial charge in [-0.25, -0.2) is 4.98 Å². The fourth-order valence-corrected chi connectivity index (χ4v) is 3.71. The van der Waals surface area contributed by atoms with Crippen LogP contribution in [0.15, 0.2) is 30.7 Å². The van der Waals surface area contributed by atoms with Gasteiger partial charge in [-0.3, -0.25) is 4.79 Å². The summed E-state index contributed by atoms with van der Waals surface area (Å²) in [5.74, 6) is 0.720. The van der Waals surface area contributed by atoms with Crippen LogP contribution in [0, 0.1) is 0 Å². The van der Waals surface area contributed by atoms with Gasteiger partial charge in [-0.15, -0.1) is 0 Å². The van der Waals surface area contributed by atoms with E-state index in [1.165, 1.54) is 0 Å². The molecule has 4 rings (SSSR count). The maximum absolute atomic E-state index is 12.2. The molecule has 5 heteroatoms. The summed E-state index contributed by atoms with van der Waals surface area (Å²) in [5, 5.41) is 6.31. The summed E-state index contributed by atoms with van der Waals surface area (Å²) >= 11 is 0. The molecule has 2 aromatic rings. The molecule has 0 saturated carbocycles. The molecule has 0 aliphatic carbocycles. The van der Waals surface area contributed by atoms with Gasteiger partial charge in [0.1, 0.15) is 5.82 Å². The smallest absolute Gasteiger partial charge is 0.235 e. The minimum atomic E-state index is -0.546. The summed E-state index contributed by atoms with van der Waals surface area (Å²) in [6, 6.07) is 4.73. The molecule has 0 unspecified atom stereocenters. The van der Waals surface area contributed by atoms with Crippen LogP contribution in [0.5, 0.6) is 0 Å². The Morgan fingerprint density at radius 1 is 1.26 bits per heavy atom. The highest BCUT2D eigenvalue weighted by Crippen LogP contribution is 2.42. The van der Waals surface area contributed by atoms with Crippen LogP contribution in [0.25, 0.3) is 11.1 Å². The zero-order chi connectivity index (χ0) is 16.0. The Morgan fingerprint density at radius 3 is 2.83 bits per heavy atom. The number of rotatable bonds is 2. The maximum Gasteiger partial charge on any atom is 0.235 e. The van der Waals surface area contributed by atoms with Crippen LogP contribution in [-0.4, -0.2) is 28.5 Å². The van der Waals surface area contributed by atoms with E-state index in [0.29, 0.717) is 11.9 Å². The summed E-state index contributed by atoms with van der Waals surface area (Å²) in [5.41, 5.74) is 2.72. The number of pyridine rings is 1. The largest absolute Gasteiger partial charge is 0.351 e. The Labute approximate surface area is 136 Å². The number of nitrogens with zero attached hydrogens (tertiary/aromatic N) is 2. The molecule has 1 amide bonds. The number of hydrogen-bond donors (Lipinski definition) is 2. The Hall–Kier alpha value is -2.14. The first kappa shape index (κ1) is 14.5. The van der Waals surface area contributed by atoms with Gasteiger partial charge in [-0.1, -0.05) is 0 Å². The van der Waals surface area contributed by atoms with Gasteiger partial charge in [0.05, 0.1) is 5.41 Å². The van der Waals surface area contributed by atoms with E-state index < -0.39 is 5.41 Å². The number of amides is 1. The standard InChI is InChI=1S/C18H22N4O/c1-18(2)15-14(5-9-20-16(15)21-17(18)23)12-6-10-22(11-12)13-3-7-19-8-4-13/h5-6,9-11,13,19H,3-4,7-8H2,1-2H3,(H,20,21,23). The second-order valence-electron chi connectivity index (χ2n) is 6.99. The first-order valence-corrected chi connectivity index (χ1v) is 8.27. The van der Waals surface area contributed by atoms with E-state index in [-0.39, 0.29) is 5.91 Å². The van der Waals surface area contributed by atoms with Gasteiger partial charge < -0.3 is 15.2 Å². The van der Waals surface area contributed by atoms with Gasteiger partial charge in [0.15, 0.2) is 0 Å². The van der Waals surface area contributed by atoms with Crippen molar-refractivity contribution in [2.45, 2.75) is 38.1 Å². The fraction of sp³-hybridized carbons (Fsp3) is 0.444. The molecule has 2 aromatic heterocycles. The lowest BCUT2D eigenvalue weighted by Gasteiger charge is -2.24. The fourth-order valence-electron chi connectivity index (χ4n) is 3.71. The minimum Gasteiger partial charge on any atom is -0.351 e.